The number of hydrogen-bond acceptors (Lipinski definition) is 4. The Morgan fingerprint density at radius 1 is 0.882 bits per heavy atom. The van der Waals surface area contributed by atoms with Crippen molar-refractivity contribution in [2.45, 2.75) is 24.7 Å². The molecule has 0 fully saturated rings. The van der Waals surface area contributed by atoms with Crippen molar-refractivity contribution in [2.24, 2.45) is 0 Å². The Bertz CT molecular complexity index is 1270. The van der Waals surface area contributed by atoms with Crippen molar-refractivity contribution in [1.29, 1.82) is 0 Å². The number of unbranched alkanes of at least 4 members (excludes halogenated alkanes) is 1. The first-order valence-corrected chi connectivity index (χ1v) is 12.5. The quantitative estimate of drug-likeness (QED) is 0.245. The lowest BCUT2D eigenvalue weighted by Crippen LogP contribution is -2.25. The number of anilines is 3. The second-order valence-electron chi connectivity index (χ2n) is 7.37. The number of benzene rings is 3. The summed E-state index contributed by atoms with van der Waals surface area (Å²) in [5.74, 6) is -1.14. The van der Waals surface area contributed by atoms with Crippen LogP contribution < -0.4 is 20.7 Å². The van der Waals surface area contributed by atoms with Crippen LogP contribution in [-0.4, -0.2) is 26.0 Å². The predicted molar refractivity (Wildman–Crippen MR) is 137 cm³/mol. The van der Waals surface area contributed by atoms with E-state index in [4.69, 9.17) is 12.2 Å². The van der Waals surface area contributed by atoms with Crippen molar-refractivity contribution < 1.29 is 17.6 Å². The van der Waals surface area contributed by atoms with Gasteiger partial charge in [-0.2, -0.15) is 0 Å². The van der Waals surface area contributed by atoms with Gasteiger partial charge in [-0.3, -0.25) is 4.79 Å². The Morgan fingerprint density at radius 2 is 1.53 bits per heavy atom. The standard InChI is InChI=1S/C24H25FN4O3S2/c1-2-3-15-26-34(31,32)20-8-6-7-19(16-20)29-24(33)28-18-13-11-17(12-14-18)27-23(30)21-9-4-5-10-22(21)25/h4-14,16,26H,2-3,15H2,1H3,(H,27,30)(H2,28,29,33). The van der Waals surface area contributed by atoms with Gasteiger partial charge in [0.25, 0.3) is 5.91 Å². The van der Waals surface area contributed by atoms with Crippen LogP contribution in [0.3, 0.4) is 0 Å². The van der Waals surface area contributed by atoms with E-state index in [1.54, 1.807) is 42.5 Å². The van der Waals surface area contributed by atoms with E-state index in [-0.39, 0.29) is 15.6 Å². The molecule has 3 aromatic carbocycles. The minimum absolute atomic E-state index is 0.0418. The van der Waals surface area contributed by atoms with Crippen LogP contribution >= 0.6 is 12.2 Å². The molecule has 0 aliphatic carbocycles. The van der Waals surface area contributed by atoms with Crippen LogP contribution in [0.1, 0.15) is 30.1 Å². The number of carbonyl (C=O) groups excluding carboxylic acids is 1. The lowest BCUT2D eigenvalue weighted by atomic mass is 10.2. The molecule has 0 heterocycles. The first kappa shape index (κ1) is 25.3. The highest BCUT2D eigenvalue weighted by atomic mass is 32.2. The molecule has 3 aromatic rings. The van der Waals surface area contributed by atoms with E-state index < -0.39 is 21.7 Å². The predicted octanol–water partition coefficient (Wildman–Crippen LogP) is 4.97. The van der Waals surface area contributed by atoms with Gasteiger partial charge in [0.15, 0.2) is 5.11 Å². The Kier molecular flexibility index (Phi) is 8.69. The van der Waals surface area contributed by atoms with Gasteiger partial charge in [-0.05, 0) is 73.2 Å². The molecule has 4 N–H and O–H groups in total. The number of amides is 1. The summed E-state index contributed by atoms with van der Waals surface area (Å²) in [5.41, 5.74) is 1.61. The summed E-state index contributed by atoms with van der Waals surface area (Å²) in [5, 5.41) is 8.86. The van der Waals surface area contributed by atoms with E-state index in [1.165, 1.54) is 30.3 Å². The minimum atomic E-state index is -3.60. The van der Waals surface area contributed by atoms with Gasteiger partial charge in [0.05, 0.1) is 10.5 Å². The maximum Gasteiger partial charge on any atom is 0.258 e. The molecular formula is C24H25FN4O3S2. The number of nitrogens with one attached hydrogen (secondary N) is 4. The van der Waals surface area contributed by atoms with E-state index >= 15 is 0 Å². The third-order valence-electron chi connectivity index (χ3n) is 4.74. The van der Waals surface area contributed by atoms with Crippen LogP contribution in [0.15, 0.2) is 77.7 Å². The highest BCUT2D eigenvalue weighted by Gasteiger charge is 2.14. The van der Waals surface area contributed by atoms with Crippen LogP contribution in [-0.2, 0) is 10.0 Å². The van der Waals surface area contributed by atoms with E-state index in [1.807, 2.05) is 6.92 Å². The second-order valence-corrected chi connectivity index (χ2v) is 9.54. The monoisotopic (exact) mass is 500 g/mol. The molecule has 0 aliphatic rings. The van der Waals surface area contributed by atoms with E-state index in [9.17, 15) is 17.6 Å². The summed E-state index contributed by atoms with van der Waals surface area (Å²) in [6, 6.07) is 18.8. The second kappa shape index (κ2) is 11.7. The number of carbonyl (C=O) groups is 1. The van der Waals surface area contributed by atoms with Crippen molar-refractivity contribution in [3.63, 3.8) is 0 Å². The average Bonchev–Trinajstić information content (AvgIpc) is 2.81. The molecule has 0 radical (unpaired) electrons. The molecule has 0 spiro atoms. The normalized spacial score (nSPS) is 11.0. The van der Waals surface area contributed by atoms with Crippen molar-refractivity contribution in [3.8, 4) is 0 Å². The van der Waals surface area contributed by atoms with Gasteiger partial charge < -0.3 is 16.0 Å². The van der Waals surface area contributed by atoms with E-state index in [0.29, 0.717) is 23.6 Å². The molecule has 0 unspecified atom stereocenters. The fourth-order valence-electron chi connectivity index (χ4n) is 2.98. The largest absolute Gasteiger partial charge is 0.332 e. The maximum atomic E-state index is 13.8. The zero-order valence-electron chi connectivity index (χ0n) is 18.5. The van der Waals surface area contributed by atoms with E-state index in [0.717, 1.165) is 12.8 Å². The molecule has 178 valence electrons. The number of sulfonamides is 1. The zero-order valence-corrected chi connectivity index (χ0v) is 20.1. The summed E-state index contributed by atoms with van der Waals surface area (Å²) in [6.07, 6.45) is 1.65. The Morgan fingerprint density at radius 3 is 2.21 bits per heavy atom. The molecule has 0 aromatic heterocycles. The molecule has 7 nitrogen and oxygen atoms in total. The summed E-state index contributed by atoms with van der Waals surface area (Å²) in [6.45, 7) is 2.37. The molecule has 3 rings (SSSR count). The summed E-state index contributed by atoms with van der Waals surface area (Å²) in [7, 11) is -3.60. The molecule has 0 saturated carbocycles. The van der Waals surface area contributed by atoms with Crippen molar-refractivity contribution >= 4 is 50.3 Å². The smallest absolute Gasteiger partial charge is 0.258 e. The van der Waals surface area contributed by atoms with Crippen molar-refractivity contribution in [1.82, 2.24) is 4.72 Å². The molecular weight excluding hydrogens is 475 g/mol. The fraction of sp³-hybridized carbons (Fsp3) is 0.167. The SMILES string of the molecule is CCCCNS(=O)(=O)c1cccc(NC(=S)Nc2ccc(NC(=O)c3ccccc3F)cc2)c1. The zero-order chi connectivity index (χ0) is 24.6. The molecule has 0 atom stereocenters. The van der Waals surface area contributed by atoms with Gasteiger partial charge in [0.2, 0.25) is 10.0 Å². The Balaban J connectivity index is 1.58. The first-order valence-electron chi connectivity index (χ1n) is 10.6. The number of hydrogen-bond donors (Lipinski definition) is 4. The topological polar surface area (TPSA) is 99.3 Å². The summed E-state index contributed by atoms with van der Waals surface area (Å²) in [4.78, 5) is 12.4. The number of thiocarbonyl (C=S) groups is 1. The lowest BCUT2D eigenvalue weighted by Gasteiger charge is -2.13. The lowest BCUT2D eigenvalue weighted by molar-refractivity contribution is 0.102. The Labute approximate surface area is 203 Å². The molecule has 10 heteroatoms. The van der Waals surface area contributed by atoms with Gasteiger partial charge in [-0.25, -0.2) is 17.5 Å². The van der Waals surface area contributed by atoms with E-state index in [2.05, 4.69) is 20.7 Å². The van der Waals surface area contributed by atoms with Crippen LogP contribution in [0.25, 0.3) is 0 Å². The van der Waals surface area contributed by atoms with Crippen molar-refractivity contribution in [2.75, 3.05) is 22.5 Å². The molecule has 0 bridgehead atoms. The van der Waals surface area contributed by atoms with Crippen LogP contribution in [0, 0.1) is 5.82 Å². The summed E-state index contributed by atoms with van der Waals surface area (Å²) < 4.78 is 41.2. The molecule has 0 aliphatic heterocycles. The van der Waals surface area contributed by atoms with Gasteiger partial charge >= 0.3 is 0 Å². The molecule has 1 amide bonds. The minimum Gasteiger partial charge on any atom is -0.332 e. The molecule has 0 saturated heterocycles. The number of rotatable bonds is 9. The van der Waals surface area contributed by atoms with Gasteiger partial charge in [-0.15, -0.1) is 0 Å². The first-order chi connectivity index (χ1) is 16.3. The highest BCUT2D eigenvalue weighted by molar-refractivity contribution is 7.89. The van der Waals surface area contributed by atoms with Gasteiger partial charge in [-0.1, -0.05) is 31.5 Å². The van der Waals surface area contributed by atoms with Crippen LogP contribution in [0.2, 0.25) is 0 Å². The fourth-order valence-corrected chi connectivity index (χ4v) is 4.34. The van der Waals surface area contributed by atoms with Gasteiger partial charge in [0.1, 0.15) is 5.82 Å². The maximum absolute atomic E-state index is 13.8. The average molecular weight is 501 g/mol. The number of halogens is 1. The highest BCUT2D eigenvalue weighted by Crippen LogP contribution is 2.18. The third-order valence-corrected chi connectivity index (χ3v) is 6.41. The summed E-state index contributed by atoms with van der Waals surface area (Å²) >= 11 is 5.32. The van der Waals surface area contributed by atoms with Crippen molar-refractivity contribution in [3.05, 3.63) is 84.2 Å². The van der Waals surface area contributed by atoms with Crippen LogP contribution in [0.4, 0.5) is 21.5 Å². The Hall–Kier alpha value is -3.34. The molecule has 34 heavy (non-hydrogen) atoms. The van der Waals surface area contributed by atoms with Crippen LogP contribution in [0.5, 0.6) is 0 Å². The third kappa shape index (κ3) is 7.08. The van der Waals surface area contributed by atoms with Gasteiger partial charge in [0, 0.05) is 23.6 Å².